The lowest BCUT2D eigenvalue weighted by Gasteiger charge is -2.24. The molecule has 2 unspecified atom stereocenters. The van der Waals surface area contributed by atoms with Crippen LogP contribution in [0.5, 0.6) is 0 Å². The molecule has 0 aromatic heterocycles. The van der Waals surface area contributed by atoms with E-state index in [2.05, 4.69) is 5.32 Å². The van der Waals surface area contributed by atoms with Crippen molar-refractivity contribution in [1.82, 2.24) is 5.32 Å². The van der Waals surface area contributed by atoms with Crippen LogP contribution < -0.4 is 5.32 Å². The summed E-state index contributed by atoms with van der Waals surface area (Å²) in [5.74, 6) is -2.48. The van der Waals surface area contributed by atoms with Crippen LogP contribution in [0.3, 0.4) is 0 Å². The molecule has 4 nitrogen and oxygen atoms in total. The monoisotopic (exact) mass is 281 g/mol. The number of aryl methyl sites for hydroxylation is 1. The van der Waals surface area contributed by atoms with E-state index >= 15 is 0 Å². The van der Waals surface area contributed by atoms with Gasteiger partial charge in [0.05, 0.1) is 5.92 Å². The molecule has 20 heavy (non-hydrogen) atoms. The average molecular weight is 281 g/mol. The van der Waals surface area contributed by atoms with E-state index in [9.17, 15) is 19.1 Å². The van der Waals surface area contributed by atoms with Crippen molar-refractivity contribution in [2.45, 2.75) is 33.7 Å². The van der Waals surface area contributed by atoms with Crippen molar-refractivity contribution >= 4 is 11.9 Å². The van der Waals surface area contributed by atoms with Gasteiger partial charge < -0.3 is 10.4 Å². The Bertz CT molecular complexity index is 514. The number of amides is 1. The fourth-order valence-corrected chi connectivity index (χ4v) is 2.24. The number of hydrogen-bond acceptors (Lipinski definition) is 2. The van der Waals surface area contributed by atoms with Gasteiger partial charge in [-0.2, -0.15) is 0 Å². The van der Waals surface area contributed by atoms with Gasteiger partial charge in [0.2, 0.25) is 0 Å². The molecular weight excluding hydrogens is 261 g/mol. The molecule has 110 valence electrons. The molecule has 1 rings (SSSR count). The van der Waals surface area contributed by atoms with Gasteiger partial charge in [-0.25, -0.2) is 4.39 Å². The van der Waals surface area contributed by atoms with Crippen LogP contribution in [-0.4, -0.2) is 23.0 Å². The summed E-state index contributed by atoms with van der Waals surface area (Å²) in [5.41, 5.74) is 0.701. The molecule has 0 aliphatic rings. The summed E-state index contributed by atoms with van der Waals surface area (Å²) in [6, 6.07) is 3.55. The fourth-order valence-electron chi connectivity index (χ4n) is 2.24. The molecule has 1 aromatic carbocycles. The third-order valence-corrected chi connectivity index (χ3v) is 3.32. The number of rotatable bonds is 5. The minimum atomic E-state index is -0.942. The molecular formula is C15H20FNO3. The van der Waals surface area contributed by atoms with E-state index < -0.39 is 23.8 Å². The predicted octanol–water partition coefficient (Wildman–Crippen LogP) is 2.61. The van der Waals surface area contributed by atoms with Gasteiger partial charge in [0.25, 0.3) is 5.91 Å². The number of carboxylic acid groups (broad SMARTS) is 1. The van der Waals surface area contributed by atoms with Gasteiger partial charge in [-0.3, -0.25) is 9.59 Å². The second-order valence-corrected chi connectivity index (χ2v) is 5.33. The number of benzene rings is 1. The highest BCUT2D eigenvalue weighted by Gasteiger charge is 2.29. The second kappa shape index (κ2) is 6.50. The first-order valence-corrected chi connectivity index (χ1v) is 6.53. The molecule has 2 atom stereocenters. The molecule has 0 saturated carbocycles. The molecule has 0 aliphatic carbocycles. The van der Waals surface area contributed by atoms with Crippen LogP contribution in [0.25, 0.3) is 0 Å². The Hall–Kier alpha value is -1.91. The Labute approximate surface area is 118 Å². The third kappa shape index (κ3) is 3.79. The lowest BCUT2D eigenvalue weighted by molar-refractivity contribution is -0.144. The third-order valence-electron chi connectivity index (χ3n) is 3.32. The summed E-state index contributed by atoms with van der Waals surface area (Å²) in [6.07, 6.45) is 0. The largest absolute Gasteiger partial charge is 0.481 e. The summed E-state index contributed by atoms with van der Waals surface area (Å²) in [4.78, 5) is 23.2. The number of aliphatic carboxylic acids is 1. The van der Waals surface area contributed by atoms with Crippen molar-refractivity contribution in [3.63, 3.8) is 0 Å². The molecule has 0 spiro atoms. The first kappa shape index (κ1) is 16.1. The SMILES string of the molecule is Cc1cc(C(=O)NC(C)C(C(=O)O)C(C)C)ccc1F. The summed E-state index contributed by atoms with van der Waals surface area (Å²) in [5, 5.41) is 11.8. The molecule has 5 heteroatoms. The quantitative estimate of drug-likeness (QED) is 0.871. The van der Waals surface area contributed by atoms with Crippen LogP contribution in [0.1, 0.15) is 36.7 Å². The van der Waals surface area contributed by atoms with Crippen LogP contribution in [0.4, 0.5) is 4.39 Å². The number of carboxylic acids is 1. The molecule has 0 aliphatic heterocycles. The van der Waals surface area contributed by atoms with Gasteiger partial charge in [-0.1, -0.05) is 13.8 Å². The first-order valence-electron chi connectivity index (χ1n) is 6.53. The van der Waals surface area contributed by atoms with Gasteiger partial charge >= 0.3 is 5.97 Å². The van der Waals surface area contributed by atoms with E-state index in [4.69, 9.17) is 0 Å². The van der Waals surface area contributed by atoms with Crippen LogP contribution >= 0.6 is 0 Å². The predicted molar refractivity (Wildman–Crippen MR) is 74.0 cm³/mol. The Morgan fingerprint density at radius 1 is 1.25 bits per heavy atom. The maximum absolute atomic E-state index is 13.2. The zero-order valence-electron chi connectivity index (χ0n) is 12.1. The normalized spacial score (nSPS) is 13.9. The number of carbonyl (C=O) groups is 2. The number of carbonyl (C=O) groups excluding carboxylic acids is 1. The Morgan fingerprint density at radius 3 is 2.30 bits per heavy atom. The molecule has 0 heterocycles. The lowest BCUT2D eigenvalue weighted by atomic mass is 9.89. The summed E-state index contributed by atoms with van der Waals surface area (Å²) >= 11 is 0. The molecule has 1 aromatic rings. The van der Waals surface area contributed by atoms with Gasteiger partial charge in [0.15, 0.2) is 0 Å². The minimum Gasteiger partial charge on any atom is -0.481 e. The topological polar surface area (TPSA) is 66.4 Å². The summed E-state index contributed by atoms with van der Waals surface area (Å²) in [6.45, 7) is 6.82. The number of hydrogen-bond donors (Lipinski definition) is 2. The van der Waals surface area contributed by atoms with Crippen molar-refractivity contribution in [2.75, 3.05) is 0 Å². The van der Waals surface area contributed by atoms with Crippen molar-refractivity contribution in [2.24, 2.45) is 11.8 Å². The van der Waals surface area contributed by atoms with Gasteiger partial charge in [-0.15, -0.1) is 0 Å². The Morgan fingerprint density at radius 2 is 1.85 bits per heavy atom. The smallest absolute Gasteiger partial charge is 0.308 e. The number of halogens is 1. The summed E-state index contributed by atoms with van der Waals surface area (Å²) in [7, 11) is 0. The van der Waals surface area contributed by atoms with Gasteiger partial charge in [0, 0.05) is 11.6 Å². The van der Waals surface area contributed by atoms with Crippen molar-refractivity contribution in [1.29, 1.82) is 0 Å². The van der Waals surface area contributed by atoms with Crippen LogP contribution in [0.2, 0.25) is 0 Å². The maximum atomic E-state index is 13.2. The van der Waals surface area contributed by atoms with Crippen LogP contribution in [-0.2, 0) is 4.79 Å². The van der Waals surface area contributed by atoms with E-state index in [1.807, 2.05) is 0 Å². The van der Waals surface area contributed by atoms with E-state index in [0.717, 1.165) is 0 Å². The van der Waals surface area contributed by atoms with Crippen molar-refractivity contribution in [3.8, 4) is 0 Å². The lowest BCUT2D eigenvalue weighted by Crippen LogP contribution is -2.43. The number of nitrogens with one attached hydrogen (secondary N) is 1. The van der Waals surface area contributed by atoms with E-state index in [-0.39, 0.29) is 11.7 Å². The average Bonchev–Trinajstić information content (AvgIpc) is 2.31. The van der Waals surface area contributed by atoms with Gasteiger partial charge in [0.1, 0.15) is 5.82 Å². The molecule has 0 fully saturated rings. The summed E-state index contributed by atoms with van der Waals surface area (Å²) < 4.78 is 13.2. The Kier molecular flexibility index (Phi) is 5.25. The molecule has 0 bridgehead atoms. The highest BCUT2D eigenvalue weighted by Crippen LogP contribution is 2.17. The zero-order valence-corrected chi connectivity index (χ0v) is 12.1. The molecule has 2 N–H and O–H groups in total. The molecule has 0 saturated heterocycles. The maximum Gasteiger partial charge on any atom is 0.308 e. The highest BCUT2D eigenvalue weighted by molar-refractivity contribution is 5.94. The zero-order chi connectivity index (χ0) is 15.4. The minimum absolute atomic E-state index is 0.0993. The fraction of sp³-hybridized carbons (Fsp3) is 0.467. The first-order chi connectivity index (χ1) is 9.23. The molecule has 1 amide bonds. The standard InChI is InChI=1S/C15H20FNO3/c1-8(2)13(15(19)20)10(4)17-14(18)11-5-6-12(16)9(3)7-11/h5-8,10,13H,1-4H3,(H,17,18)(H,19,20). The van der Waals surface area contributed by atoms with E-state index in [1.54, 1.807) is 27.7 Å². The Balaban J connectivity index is 2.83. The van der Waals surface area contributed by atoms with Gasteiger partial charge in [-0.05, 0) is 43.5 Å². The highest BCUT2D eigenvalue weighted by atomic mass is 19.1. The van der Waals surface area contributed by atoms with E-state index in [1.165, 1.54) is 18.2 Å². The van der Waals surface area contributed by atoms with Crippen molar-refractivity contribution in [3.05, 3.63) is 35.1 Å². The van der Waals surface area contributed by atoms with E-state index in [0.29, 0.717) is 11.1 Å². The second-order valence-electron chi connectivity index (χ2n) is 5.33. The van der Waals surface area contributed by atoms with Crippen LogP contribution in [0, 0.1) is 24.6 Å². The van der Waals surface area contributed by atoms with Crippen LogP contribution in [0.15, 0.2) is 18.2 Å². The molecule has 0 radical (unpaired) electrons. The van der Waals surface area contributed by atoms with Crippen molar-refractivity contribution < 1.29 is 19.1 Å².